The Morgan fingerprint density at radius 1 is 1.18 bits per heavy atom. The van der Waals surface area contributed by atoms with Gasteiger partial charge in [-0.2, -0.15) is 0 Å². The number of fused-ring (bicyclic) bond motifs is 1. The lowest BCUT2D eigenvalue weighted by Gasteiger charge is -2.33. The van der Waals surface area contributed by atoms with Gasteiger partial charge in [0.2, 0.25) is 12.5 Å². The van der Waals surface area contributed by atoms with Crippen LogP contribution in [-0.4, -0.2) is 62.1 Å². The molecule has 3 rings (SSSR count). The molecular weight excluding hydrogens is 432 g/mol. The van der Waals surface area contributed by atoms with Gasteiger partial charge in [0.15, 0.2) is 11.5 Å². The van der Waals surface area contributed by atoms with Crippen molar-refractivity contribution >= 4 is 5.91 Å². The van der Waals surface area contributed by atoms with Crippen molar-refractivity contribution < 1.29 is 23.8 Å². The lowest BCUT2D eigenvalue weighted by molar-refractivity contribution is -0.188. The molecule has 2 aliphatic heterocycles. The number of carbonyl (C=O) groups excluding carboxylic acids is 1. The summed E-state index contributed by atoms with van der Waals surface area (Å²) in [6.45, 7) is 13.7. The first-order chi connectivity index (χ1) is 16.3. The molecule has 0 spiro atoms. The van der Waals surface area contributed by atoms with Gasteiger partial charge in [0.25, 0.3) is 5.91 Å². The number of ether oxygens (including phenoxy) is 3. The van der Waals surface area contributed by atoms with E-state index in [9.17, 15) is 4.79 Å². The highest BCUT2D eigenvalue weighted by atomic mass is 16.7. The standard InChI is InChI=1S/C27H44N2O5/c1-7-10-27(4,5)16-22-13-21(20-14-23(31-6)26-24(15-20)32-19-33-26)17-28(22)18-25(30)29(11-8-2)34-12-9-3/h14-15,21-22H,7-13,16-19H2,1-6H3/t21-,22-/m1/s1. The third-order valence-electron chi connectivity index (χ3n) is 6.89. The van der Waals surface area contributed by atoms with Crippen LogP contribution < -0.4 is 14.2 Å². The van der Waals surface area contributed by atoms with Gasteiger partial charge in [0.1, 0.15) is 0 Å². The fourth-order valence-electron chi connectivity index (χ4n) is 5.35. The summed E-state index contributed by atoms with van der Waals surface area (Å²) < 4.78 is 16.8. The predicted molar refractivity (Wildman–Crippen MR) is 133 cm³/mol. The minimum Gasteiger partial charge on any atom is -0.493 e. The van der Waals surface area contributed by atoms with Crippen LogP contribution in [0.5, 0.6) is 17.2 Å². The molecule has 0 aliphatic carbocycles. The normalized spacial score (nSPS) is 20.1. The zero-order valence-electron chi connectivity index (χ0n) is 22.0. The maximum atomic E-state index is 13.2. The van der Waals surface area contributed by atoms with Crippen molar-refractivity contribution in [3.05, 3.63) is 17.7 Å². The van der Waals surface area contributed by atoms with Crippen molar-refractivity contribution in [2.24, 2.45) is 5.41 Å². The third kappa shape index (κ3) is 6.57. The molecule has 1 saturated heterocycles. The Balaban J connectivity index is 1.80. The Morgan fingerprint density at radius 3 is 2.65 bits per heavy atom. The van der Waals surface area contributed by atoms with Crippen LogP contribution in [0, 0.1) is 5.41 Å². The zero-order chi connectivity index (χ0) is 24.7. The Hall–Kier alpha value is -1.99. The summed E-state index contributed by atoms with van der Waals surface area (Å²) in [5, 5.41) is 1.58. The second-order valence-corrected chi connectivity index (χ2v) is 10.4. The summed E-state index contributed by atoms with van der Waals surface area (Å²) in [5.74, 6) is 2.49. The van der Waals surface area contributed by atoms with Crippen molar-refractivity contribution in [3.63, 3.8) is 0 Å². The van der Waals surface area contributed by atoms with Gasteiger partial charge in [-0.25, -0.2) is 5.06 Å². The van der Waals surface area contributed by atoms with Crippen molar-refractivity contribution in [1.29, 1.82) is 0 Å². The van der Waals surface area contributed by atoms with Crippen molar-refractivity contribution in [2.75, 3.05) is 40.1 Å². The molecule has 0 radical (unpaired) electrons. The highest BCUT2D eigenvalue weighted by Crippen LogP contribution is 2.46. The fourth-order valence-corrected chi connectivity index (χ4v) is 5.35. The number of carbonyl (C=O) groups is 1. The summed E-state index contributed by atoms with van der Waals surface area (Å²) in [4.78, 5) is 21.4. The molecule has 1 aromatic rings. The van der Waals surface area contributed by atoms with Crippen LogP contribution in [0.1, 0.15) is 84.6 Å². The van der Waals surface area contributed by atoms with Gasteiger partial charge in [-0.3, -0.25) is 14.5 Å². The maximum Gasteiger partial charge on any atom is 0.260 e. The monoisotopic (exact) mass is 476 g/mol. The molecule has 0 bridgehead atoms. The minimum atomic E-state index is 0.0533. The Kier molecular flexibility index (Phi) is 9.48. The van der Waals surface area contributed by atoms with Crippen LogP contribution >= 0.6 is 0 Å². The number of hydroxylamine groups is 2. The fraction of sp³-hybridized carbons (Fsp3) is 0.741. The van der Waals surface area contributed by atoms with E-state index in [4.69, 9.17) is 19.0 Å². The van der Waals surface area contributed by atoms with Crippen LogP contribution in [0.4, 0.5) is 0 Å². The topological polar surface area (TPSA) is 60.5 Å². The maximum absolute atomic E-state index is 13.2. The highest BCUT2D eigenvalue weighted by molar-refractivity contribution is 5.77. The molecule has 0 unspecified atom stereocenters. The van der Waals surface area contributed by atoms with E-state index in [1.807, 2.05) is 0 Å². The van der Waals surface area contributed by atoms with Crippen LogP contribution in [0.25, 0.3) is 0 Å². The van der Waals surface area contributed by atoms with Gasteiger partial charge >= 0.3 is 0 Å². The van der Waals surface area contributed by atoms with Crippen LogP contribution in [0.15, 0.2) is 12.1 Å². The number of likely N-dealkylation sites (tertiary alicyclic amines) is 1. The summed E-state index contributed by atoms with van der Waals surface area (Å²) in [5.41, 5.74) is 1.41. The van der Waals surface area contributed by atoms with E-state index >= 15 is 0 Å². The van der Waals surface area contributed by atoms with E-state index in [2.05, 4.69) is 51.7 Å². The summed E-state index contributed by atoms with van der Waals surface area (Å²) in [6.07, 6.45) is 6.18. The minimum absolute atomic E-state index is 0.0533. The smallest absolute Gasteiger partial charge is 0.260 e. The van der Waals surface area contributed by atoms with Gasteiger partial charge in [-0.05, 0) is 61.1 Å². The quantitative estimate of drug-likeness (QED) is 0.356. The molecule has 0 N–H and O–H groups in total. The average molecular weight is 477 g/mol. The largest absolute Gasteiger partial charge is 0.493 e. The SMILES string of the molecule is CCCON(CCC)C(=O)CN1C[C@H](c2cc(OC)c3c(c2)OCO3)C[C@@H]1CC(C)(C)CCC. The summed E-state index contributed by atoms with van der Waals surface area (Å²) in [7, 11) is 1.66. The number of rotatable bonds is 13. The highest BCUT2D eigenvalue weighted by Gasteiger charge is 2.38. The molecule has 192 valence electrons. The molecule has 7 nitrogen and oxygen atoms in total. The van der Waals surface area contributed by atoms with Gasteiger partial charge in [-0.1, -0.05) is 41.0 Å². The van der Waals surface area contributed by atoms with E-state index in [0.29, 0.717) is 43.2 Å². The number of amides is 1. The van der Waals surface area contributed by atoms with E-state index in [0.717, 1.165) is 44.4 Å². The van der Waals surface area contributed by atoms with E-state index < -0.39 is 0 Å². The first-order valence-electron chi connectivity index (χ1n) is 13.0. The van der Waals surface area contributed by atoms with Gasteiger partial charge in [-0.15, -0.1) is 0 Å². The molecule has 7 heteroatoms. The molecular formula is C27H44N2O5. The number of nitrogens with zero attached hydrogens (tertiary/aromatic N) is 2. The van der Waals surface area contributed by atoms with Crippen LogP contribution in [0.2, 0.25) is 0 Å². The van der Waals surface area contributed by atoms with Crippen molar-refractivity contribution in [3.8, 4) is 17.2 Å². The van der Waals surface area contributed by atoms with E-state index in [1.165, 1.54) is 12.0 Å². The van der Waals surface area contributed by atoms with Crippen molar-refractivity contribution in [1.82, 2.24) is 9.96 Å². The van der Waals surface area contributed by atoms with Crippen molar-refractivity contribution in [2.45, 2.75) is 85.1 Å². The Labute approximate surface area is 205 Å². The molecule has 2 heterocycles. The van der Waals surface area contributed by atoms with Gasteiger partial charge in [0.05, 0.1) is 20.3 Å². The lowest BCUT2D eigenvalue weighted by atomic mass is 9.80. The Bertz CT molecular complexity index is 812. The molecule has 0 saturated carbocycles. The van der Waals surface area contributed by atoms with Gasteiger partial charge in [0, 0.05) is 19.1 Å². The lowest BCUT2D eigenvalue weighted by Crippen LogP contribution is -2.43. The van der Waals surface area contributed by atoms with Crippen LogP contribution in [-0.2, 0) is 9.63 Å². The van der Waals surface area contributed by atoms with E-state index in [-0.39, 0.29) is 18.1 Å². The first-order valence-corrected chi connectivity index (χ1v) is 13.0. The third-order valence-corrected chi connectivity index (χ3v) is 6.89. The number of hydrogen-bond acceptors (Lipinski definition) is 6. The first kappa shape index (κ1) is 26.6. The molecule has 34 heavy (non-hydrogen) atoms. The summed E-state index contributed by atoms with van der Waals surface area (Å²) in [6, 6.07) is 4.50. The predicted octanol–water partition coefficient (Wildman–Crippen LogP) is 5.38. The van der Waals surface area contributed by atoms with Crippen LogP contribution in [0.3, 0.4) is 0 Å². The number of benzene rings is 1. The Morgan fingerprint density at radius 2 is 1.97 bits per heavy atom. The number of hydrogen-bond donors (Lipinski definition) is 0. The average Bonchev–Trinajstić information content (AvgIpc) is 3.42. The second-order valence-electron chi connectivity index (χ2n) is 10.4. The molecule has 1 fully saturated rings. The zero-order valence-corrected chi connectivity index (χ0v) is 22.0. The molecule has 0 aromatic heterocycles. The number of methoxy groups -OCH3 is 1. The molecule has 2 atom stereocenters. The van der Waals surface area contributed by atoms with E-state index in [1.54, 1.807) is 12.2 Å². The van der Waals surface area contributed by atoms with Gasteiger partial charge < -0.3 is 14.2 Å². The molecule has 2 aliphatic rings. The molecule has 1 aromatic carbocycles. The summed E-state index contributed by atoms with van der Waals surface area (Å²) >= 11 is 0. The molecule has 1 amide bonds. The second kappa shape index (κ2) is 12.1.